The number of hydrogen-bond acceptors (Lipinski definition) is 1. The Bertz CT molecular complexity index is 529. The lowest BCUT2D eigenvalue weighted by Crippen LogP contribution is -2.03. The largest absolute Gasteiger partial charge is 0.478 e. The summed E-state index contributed by atoms with van der Waals surface area (Å²) in [7, 11) is 0. The molecule has 1 aromatic heterocycles. The highest BCUT2D eigenvalue weighted by Gasteiger charge is 2.10. The molecule has 1 aromatic carbocycles. The van der Waals surface area contributed by atoms with Gasteiger partial charge in [0.1, 0.15) is 0 Å². The molecular formula is C15H17NO2. The second-order valence-corrected chi connectivity index (χ2v) is 4.40. The van der Waals surface area contributed by atoms with Gasteiger partial charge in [-0.2, -0.15) is 0 Å². The summed E-state index contributed by atoms with van der Waals surface area (Å²) in [6.07, 6.45) is 3.88. The Morgan fingerprint density at radius 3 is 2.56 bits per heavy atom. The van der Waals surface area contributed by atoms with Crippen LogP contribution in [0.15, 0.2) is 42.6 Å². The monoisotopic (exact) mass is 243 g/mol. The summed E-state index contributed by atoms with van der Waals surface area (Å²) in [5.41, 5.74) is 2.55. The lowest BCUT2D eigenvalue weighted by atomic mass is 10.1. The van der Waals surface area contributed by atoms with Crippen LogP contribution >= 0.6 is 0 Å². The first kappa shape index (κ1) is 12.4. The molecule has 0 unspecified atom stereocenters. The maximum absolute atomic E-state index is 10.9. The van der Waals surface area contributed by atoms with Crippen molar-refractivity contribution in [3.63, 3.8) is 0 Å². The van der Waals surface area contributed by atoms with Crippen molar-refractivity contribution in [2.45, 2.75) is 26.3 Å². The minimum absolute atomic E-state index is 0.398. The topological polar surface area (TPSA) is 42.2 Å². The molecule has 1 heterocycles. The normalized spacial score (nSPS) is 10.5. The van der Waals surface area contributed by atoms with E-state index in [2.05, 4.69) is 12.1 Å². The summed E-state index contributed by atoms with van der Waals surface area (Å²) in [6.45, 7) is 2.71. The number of aryl methyl sites for hydroxylation is 2. The van der Waals surface area contributed by atoms with Gasteiger partial charge in [0.25, 0.3) is 0 Å². The van der Waals surface area contributed by atoms with E-state index in [9.17, 15) is 4.79 Å². The highest BCUT2D eigenvalue weighted by Crippen LogP contribution is 2.11. The van der Waals surface area contributed by atoms with E-state index in [1.165, 1.54) is 5.56 Å². The van der Waals surface area contributed by atoms with Crippen molar-refractivity contribution in [1.29, 1.82) is 0 Å². The summed E-state index contributed by atoms with van der Waals surface area (Å²) < 4.78 is 2.01. The van der Waals surface area contributed by atoms with Crippen LogP contribution in [0.3, 0.4) is 0 Å². The van der Waals surface area contributed by atoms with Gasteiger partial charge in [0.15, 0.2) is 0 Å². The predicted molar refractivity (Wildman–Crippen MR) is 70.9 cm³/mol. The highest BCUT2D eigenvalue weighted by molar-refractivity contribution is 5.88. The summed E-state index contributed by atoms with van der Waals surface area (Å²) in [6, 6.07) is 12.0. The Kier molecular flexibility index (Phi) is 3.82. The smallest absolute Gasteiger partial charge is 0.337 e. The summed E-state index contributed by atoms with van der Waals surface area (Å²) in [5, 5.41) is 8.97. The molecule has 0 atom stereocenters. The predicted octanol–water partition coefficient (Wildman–Crippen LogP) is 3.13. The number of carbonyl (C=O) groups is 1. The van der Waals surface area contributed by atoms with Gasteiger partial charge in [-0.15, -0.1) is 0 Å². The number of hydrogen-bond donors (Lipinski definition) is 1. The van der Waals surface area contributed by atoms with Crippen molar-refractivity contribution in [1.82, 2.24) is 4.57 Å². The number of aromatic nitrogens is 1. The standard InChI is InChI=1S/C15H17NO2/c1-12-14(15(17)18)9-11-16(12)10-5-8-13-6-3-2-4-7-13/h2-4,6-7,9,11H,5,8,10H2,1H3,(H,17,18). The number of benzene rings is 1. The first-order valence-electron chi connectivity index (χ1n) is 6.11. The van der Waals surface area contributed by atoms with Crippen LogP contribution in [0.1, 0.15) is 28.0 Å². The van der Waals surface area contributed by atoms with Crippen LogP contribution in [0.25, 0.3) is 0 Å². The van der Waals surface area contributed by atoms with Gasteiger partial charge < -0.3 is 9.67 Å². The van der Waals surface area contributed by atoms with Gasteiger partial charge in [-0.25, -0.2) is 4.79 Å². The van der Waals surface area contributed by atoms with Crippen molar-refractivity contribution >= 4 is 5.97 Å². The molecular weight excluding hydrogens is 226 g/mol. The van der Waals surface area contributed by atoms with Gasteiger partial charge in [0, 0.05) is 18.4 Å². The Hall–Kier alpha value is -2.03. The minimum atomic E-state index is -0.852. The molecule has 1 N–H and O–H groups in total. The molecule has 0 saturated heterocycles. The molecule has 0 fully saturated rings. The number of carboxylic acids is 1. The van der Waals surface area contributed by atoms with Crippen molar-refractivity contribution < 1.29 is 9.90 Å². The van der Waals surface area contributed by atoms with E-state index in [-0.39, 0.29) is 0 Å². The molecule has 0 spiro atoms. The summed E-state index contributed by atoms with van der Waals surface area (Å²) >= 11 is 0. The van der Waals surface area contributed by atoms with E-state index in [1.54, 1.807) is 6.07 Å². The fraction of sp³-hybridized carbons (Fsp3) is 0.267. The van der Waals surface area contributed by atoms with E-state index in [1.807, 2.05) is 35.9 Å². The van der Waals surface area contributed by atoms with E-state index in [0.717, 1.165) is 25.1 Å². The number of rotatable bonds is 5. The molecule has 0 aliphatic heterocycles. The zero-order valence-electron chi connectivity index (χ0n) is 10.5. The molecule has 94 valence electrons. The van der Waals surface area contributed by atoms with Crippen molar-refractivity contribution in [2.75, 3.05) is 0 Å². The zero-order chi connectivity index (χ0) is 13.0. The Balaban J connectivity index is 1.93. The first-order valence-corrected chi connectivity index (χ1v) is 6.11. The Morgan fingerprint density at radius 2 is 1.94 bits per heavy atom. The maximum Gasteiger partial charge on any atom is 0.337 e. The lowest BCUT2D eigenvalue weighted by molar-refractivity contribution is 0.0696. The van der Waals surface area contributed by atoms with Gasteiger partial charge in [-0.05, 0) is 31.4 Å². The average Bonchev–Trinajstić information content (AvgIpc) is 2.73. The number of nitrogens with zero attached hydrogens (tertiary/aromatic N) is 1. The van der Waals surface area contributed by atoms with Crippen LogP contribution in [0.5, 0.6) is 0 Å². The van der Waals surface area contributed by atoms with Crippen molar-refractivity contribution in [2.24, 2.45) is 0 Å². The molecule has 3 nitrogen and oxygen atoms in total. The third-order valence-corrected chi connectivity index (χ3v) is 3.18. The highest BCUT2D eigenvalue weighted by atomic mass is 16.4. The quantitative estimate of drug-likeness (QED) is 0.876. The third-order valence-electron chi connectivity index (χ3n) is 3.18. The molecule has 0 bridgehead atoms. The maximum atomic E-state index is 10.9. The van der Waals surface area contributed by atoms with Crippen LogP contribution in [0, 0.1) is 6.92 Å². The summed E-state index contributed by atoms with van der Waals surface area (Å²) in [5.74, 6) is -0.852. The van der Waals surface area contributed by atoms with Crippen LogP contribution in [0.4, 0.5) is 0 Å². The second kappa shape index (κ2) is 5.54. The molecule has 2 aromatic rings. The molecule has 0 amide bonds. The number of carboxylic acid groups (broad SMARTS) is 1. The van der Waals surface area contributed by atoms with Crippen molar-refractivity contribution in [3.05, 3.63) is 59.4 Å². The summed E-state index contributed by atoms with van der Waals surface area (Å²) in [4.78, 5) is 10.9. The molecule has 2 rings (SSSR count). The Labute approximate surface area is 107 Å². The molecule has 0 aliphatic carbocycles. The van der Waals surface area contributed by atoms with Gasteiger partial charge in [0.05, 0.1) is 5.56 Å². The van der Waals surface area contributed by atoms with Crippen LogP contribution in [-0.2, 0) is 13.0 Å². The van der Waals surface area contributed by atoms with Crippen LogP contribution < -0.4 is 0 Å². The molecule has 0 aliphatic rings. The molecule has 3 heteroatoms. The van der Waals surface area contributed by atoms with Gasteiger partial charge in [-0.1, -0.05) is 30.3 Å². The lowest BCUT2D eigenvalue weighted by Gasteiger charge is -2.06. The second-order valence-electron chi connectivity index (χ2n) is 4.40. The fourth-order valence-electron chi connectivity index (χ4n) is 2.12. The Morgan fingerprint density at radius 1 is 1.22 bits per heavy atom. The third kappa shape index (κ3) is 2.80. The van der Waals surface area contributed by atoms with E-state index in [0.29, 0.717) is 5.56 Å². The SMILES string of the molecule is Cc1c(C(=O)O)ccn1CCCc1ccccc1. The van der Waals surface area contributed by atoms with Crippen molar-refractivity contribution in [3.8, 4) is 0 Å². The first-order chi connectivity index (χ1) is 8.68. The van der Waals surface area contributed by atoms with Gasteiger partial charge in [-0.3, -0.25) is 0 Å². The minimum Gasteiger partial charge on any atom is -0.478 e. The molecule has 0 saturated carbocycles. The van der Waals surface area contributed by atoms with E-state index >= 15 is 0 Å². The molecule has 18 heavy (non-hydrogen) atoms. The van der Waals surface area contributed by atoms with Crippen LogP contribution in [0.2, 0.25) is 0 Å². The van der Waals surface area contributed by atoms with Gasteiger partial charge >= 0.3 is 5.97 Å². The van der Waals surface area contributed by atoms with E-state index in [4.69, 9.17) is 5.11 Å². The number of aromatic carboxylic acids is 1. The molecule has 0 radical (unpaired) electrons. The van der Waals surface area contributed by atoms with E-state index < -0.39 is 5.97 Å². The van der Waals surface area contributed by atoms with Gasteiger partial charge in [0.2, 0.25) is 0 Å². The zero-order valence-corrected chi connectivity index (χ0v) is 10.5. The van der Waals surface area contributed by atoms with Crippen LogP contribution in [-0.4, -0.2) is 15.6 Å². The average molecular weight is 243 g/mol. The fourth-order valence-corrected chi connectivity index (χ4v) is 2.12.